The molecule has 1 aromatic rings. The van der Waals surface area contributed by atoms with Crippen molar-refractivity contribution in [2.45, 2.75) is 51.9 Å². The lowest BCUT2D eigenvalue weighted by atomic mass is 9.83. The van der Waals surface area contributed by atoms with Crippen LogP contribution in [0.15, 0.2) is 6.20 Å². The molecule has 1 fully saturated rings. The topological polar surface area (TPSA) is 12.9 Å². The smallest absolute Gasteiger partial charge is 0.0958 e. The Morgan fingerprint density at radius 1 is 1.36 bits per heavy atom. The molecule has 2 rings (SSSR count). The van der Waals surface area contributed by atoms with E-state index < -0.39 is 0 Å². The lowest BCUT2D eigenvalue weighted by Crippen LogP contribution is -2.10. The number of hydrogen-bond acceptors (Lipinski definition) is 2. The third-order valence-corrected chi connectivity index (χ3v) is 4.59. The van der Waals surface area contributed by atoms with Gasteiger partial charge in [-0.25, -0.2) is 4.98 Å². The molecule has 1 aromatic heterocycles. The Labute approximate surface area is 90.6 Å². The van der Waals surface area contributed by atoms with Gasteiger partial charge in [-0.1, -0.05) is 26.7 Å². The van der Waals surface area contributed by atoms with Gasteiger partial charge in [0.1, 0.15) is 0 Å². The molecule has 0 aliphatic heterocycles. The van der Waals surface area contributed by atoms with Gasteiger partial charge in [0.2, 0.25) is 0 Å². The molecule has 1 aliphatic carbocycles. The first kappa shape index (κ1) is 10.2. The third-order valence-electron chi connectivity index (χ3n) is 3.29. The fraction of sp³-hybridized carbons (Fsp3) is 0.750. The number of aryl methyl sites for hydroxylation is 1. The van der Waals surface area contributed by atoms with E-state index in [-0.39, 0.29) is 0 Å². The van der Waals surface area contributed by atoms with Gasteiger partial charge in [0, 0.05) is 17.0 Å². The van der Waals surface area contributed by atoms with Gasteiger partial charge in [-0.15, -0.1) is 11.3 Å². The second-order valence-electron chi connectivity index (χ2n) is 4.48. The maximum absolute atomic E-state index is 4.55. The molecule has 0 atom stereocenters. The molecule has 0 radical (unpaired) electrons. The first-order valence-electron chi connectivity index (χ1n) is 5.74. The van der Waals surface area contributed by atoms with Gasteiger partial charge >= 0.3 is 0 Å². The molecular formula is C12H19NS. The number of thiazole rings is 1. The van der Waals surface area contributed by atoms with Crippen LogP contribution in [0.1, 0.15) is 55.3 Å². The summed E-state index contributed by atoms with van der Waals surface area (Å²) >= 11 is 1.93. The van der Waals surface area contributed by atoms with Gasteiger partial charge in [-0.3, -0.25) is 0 Å². The van der Waals surface area contributed by atoms with Crippen LogP contribution in [0.2, 0.25) is 0 Å². The van der Waals surface area contributed by atoms with Gasteiger partial charge in [0.05, 0.1) is 5.01 Å². The van der Waals surface area contributed by atoms with Gasteiger partial charge in [-0.05, 0) is 25.2 Å². The summed E-state index contributed by atoms with van der Waals surface area (Å²) in [6.07, 6.45) is 8.71. The van der Waals surface area contributed by atoms with E-state index in [0.717, 1.165) is 18.3 Å². The molecule has 2 heteroatoms. The SMILES string of the molecule is CCc1cnc([C@H]2CC[C@H](C)CC2)s1. The Morgan fingerprint density at radius 2 is 2.07 bits per heavy atom. The van der Waals surface area contributed by atoms with Crippen LogP contribution >= 0.6 is 11.3 Å². The van der Waals surface area contributed by atoms with Crippen molar-refractivity contribution in [1.29, 1.82) is 0 Å². The van der Waals surface area contributed by atoms with E-state index in [2.05, 4.69) is 25.0 Å². The van der Waals surface area contributed by atoms with Crippen LogP contribution in [-0.2, 0) is 6.42 Å². The molecule has 0 aromatic carbocycles. The number of nitrogens with zero attached hydrogens (tertiary/aromatic N) is 1. The molecule has 0 N–H and O–H groups in total. The predicted octanol–water partition coefficient (Wildman–Crippen LogP) is 4.00. The van der Waals surface area contributed by atoms with Crippen molar-refractivity contribution < 1.29 is 0 Å². The van der Waals surface area contributed by atoms with Crippen LogP contribution in [0.5, 0.6) is 0 Å². The summed E-state index contributed by atoms with van der Waals surface area (Å²) in [5, 5.41) is 1.40. The van der Waals surface area contributed by atoms with E-state index in [4.69, 9.17) is 0 Å². The minimum Gasteiger partial charge on any atom is -0.249 e. The summed E-state index contributed by atoms with van der Waals surface area (Å²) in [7, 11) is 0. The number of aromatic nitrogens is 1. The number of hydrogen-bond donors (Lipinski definition) is 0. The van der Waals surface area contributed by atoms with Crippen molar-refractivity contribution in [2.24, 2.45) is 5.92 Å². The first-order valence-corrected chi connectivity index (χ1v) is 6.55. The average Bonchev–Trinajstić information content (AvgIpc) is 2.67. The largest absolute Gasteiger partial charge is 0.249 e. The van der Waals surface area contributed by atoms with E-state index in [9.17, 15) is 0 Å². The molecule has 0 amide bonds. The maximum Gasteiger partial charge on any atom is 0.0958 e. The molecule has 78 valence electrons. The predicted molar refractivity (Wildman–Crippen MR) is 61.9 cm³/mol. The van der Waals surface area contributed by atoms with E-state index in [0.29, 0.717) is 0 Å². The lowest BCUT2D eigenvalue weighted by molar-refractivity contribution is 0.347. The van der Waals surface area contributed by atoms with Crippen LogP contribution in [0, 0.1) is 5.92 Å². The molecule has 0 bridgehead atoms. The summed E-state index contributed by atoms with van der Waals surface area (Å²) in [5.41, 5.74) is 0. The van der Waals surface area contributed by atoms with Crippen LogP contribution in [0.3, 0.4) is 0 Å². The third kappa shape index (κ3) is 2.17. The first-order chi connectivity index (χ1) is 6.79. The van der Waals surface area contributed by atoms with Crippen LogP contribution in [-0.4, -0.2) is 4.98 Å². The fourth-order valence-electron chi connectivity index (χ4n) is 2.18. The average molecular weight is 209 g/mol. The molecule has 0 saturated heterocycles. The van der Waals surface area contributed by atoms with Crippen molar-refractivity contribution in [3.05, 3.63) is 16.1 Å². The molecule has 1 aliphatic rings. The van der Waals surface area contributed by atoms with Gasteiger partial charge in [0.15, 0.2) is 0 Å². The standard InChI is InChI=1S/C12H19NS/c1-3-11-8-13-12(14-11)10-6-4-9(2)5-7-10/h8-10H,3-7H2,1-2H3/t9-,10-. The summed E-state index contributed by atoms with van der Waals surface area (Å²) in [4.78, 5) is 6.00. The molecule has 1 heterocycles. The maximum atomic E-state index is 4.55. The van der Waals surface area contributed by atoms with Crippen LogP contribution in [0.4, 0.5) is 0 Å². The molecule has 0 unspecified atom stereocenters. The Kier molecular flexibility index (Phi) is 3.22. The monoisotopic (exact) mass is 209 g/mol. The molecule has 0 spiro atoms. The zero-order valence-corrected chi connectivity index (χ0v) is 9.94. The normalized spacial score (nSPS) is 27.9. The minimum atomic E-state index is 0.775. The van der Waals surface area contributed by atoms with Crippen molar-refractivity contribution in [3.8, 4) is 0 Å². The van der Waals surface area contributed by atoms with Crippen LogP contribution < -0.4 is 0 Å². The second-order valence-corrected chi connectivity index (χ2v) is 5.62. The summed E-state index contributed by atoms with van der Waals surface area (Å²) in [6.45, 7) is 4.58. The zero-order valence-electron chi connectivity index (χ0n) is 9.12. The Hall–Kier alpha value is -0.370. The highest BCUT2D eigenvalue weighted by molar-refractivity contribution is 7.11. The van der Waals surface area contributed by atoms with Gasteiger partial charge < -0.3 is 0 Å². The van der Waals surface area contributed by atoms with Gasteiger partial charge in [-0.2, -0.15) is 0 Å². The van der Waals surface area contributed by atoms with Crippen LogP contribution in [0.25, 0.3) is 0 Å². The van der Waals surface area contributed by atoms with E-state index in [1.807, 2.05) is 11.3 Å². The van der Waals surface area contributed by atoms with E-state index in [1.54, 1.807) is 0 Å². The Balaban J connectivity index is 2.01. The van der Waals surface area contributed by atoms with Gasteiger partial charge in [0.25, 0.3) is 0 Å². The molecule has 1 nitrogen and oxygen atoms in total. The molecule has 1 saturated carbocycles. The summed E-state index contributed by atoms with van der Waals surface area (Å²) < 4.78 is 0. The molecule has 14 heavy (non-hydrogen) atoms. The van der Waals surface area contributed by atoms with E-state index in [1.165, 1.54) is 35.6 Å². The van der Waals surface area contributed by atoms with E-state index >= 15 is 0 Å². The number of rotatable bonds is 2. The van der Waals surface area contributed by atoms with Crippen molar-refractivity contribution in [3.63, 3.8) is 0 Å². The highest BCUT2D eigenvalue weighted by Gasteiger charge is 2.21. The van der Waals surface area contributed by atoms with Crippen molar-refractivity contribution in [1.82, 2.24) is 4.98 Å². The highest BCUT2D eigenvalue weighted by Crippen LogP contribution is 2.37. The quantitative estimate of drug-likeness (QED) is 0.717. The Morgan fingerprint density at radius 3 is 2.64 bits per heavy atom. The highest BCUT2D eigenvalue weighted by atomic mass is 32.1. The summed E-state index contributed by atoms with van der Waals surface area (Å²) in [5.74, 6) is 1.72. The molecular weight excluding hydrogens is 190 g/mol. The zero-order chi connectivity index (χ0) is 9.97. The lowest BCUT2D eigenvalue weighted by Gasteiger charge is -2.24. The van der Waals surface area contributed by atoms with Crippen molar-refractivity contribution >= 4 is 11.3 Å². The fourth-order valence-corrected chi connectivity index (χ4v) is 3.21. The van der Waals surface area contributed by atoms with Crippen molar-refractivity contribution in [2.75, 3.05) is 0 Å². The summed E-state index contributed by atoms with van der Waals surface area (Å²) in [6, 6.07) is 0. The minimum absolute atomic E-state index is 0.775. The second kappa shape index (κ2) is 4.43. The Bertz CT molecular complexity index is 284.